The lowest BCUT2D eigenvalue weighted by molar-refractivity contribution is 0.571. The third-order valence-corrected chi connectivity index (χ3v) is 3.71. The predicted molar refractivity (Wildman–Crippen MR) is 78.8 cm³/mol. The molecule has 1 aliphatic rings. The number of nitrogens with zero attached hydrogens (tertiary/aromatic N) is 3. The van der Waals surface area contributed by atoms with Gasteiger partial charge in [0.15, 0.2) is 0 Å². The fraction of sp³-hybridized carbons (Fsp3) is 0.429. The lowest BCUT2D eigenvalue weighted by atomic mass is 10.2. The summed E-state index contributed by atoms with van der Waals surface area (Å²) < 4.78 is 0. The van der Waals surface area contributed by atoms with Crippen LogP contribution in [0.2, 0.25) is 5.28 Å². The standard InChI is InChI=1S/C14H17ClN4/c1-2-16-10-7-8-19(9-10)13-11-5-3-4-6-12(11)17-14(15)18-13/h3-6,10,16H,2,7-9H2,1H3. The molecule has 0 amide bonds. The maximum absolute atomic E-state index is 6.04. The minimum absolute atomic E-state index is 0.320. The Hall–Kier alpha value is -1.39. The summed E-state index contributed by atoms with van der Waals surface area (Å²) in [4.78, 5) is 11.0. The van der Waals surface area contributed by atoms with E-state index in [1.165, 1.54) is 0 Å². The van der Waals surface area contributed by atoms with Crippen LogP contribution < -0.4 is 10.2 Å². The van der Waals surface area contributed by atoms with Crippen LogP contribution in [0, 0.1) is 0 Å². The van der Waals surface area contributed by atoms with Crippen molar-refractivity contribution in [2.24, 2.45) is 0 Å². The van der Waals surface area contributed by atoms with E-state index in [-0.39, 0.29) is 0 Å². The number of nitrogens with one attached hydrogen (secondary N) is 1. The second kappa shape index (κ2) is 5.31. The summed E-state index contributed by atoms with van der Waals surface area (Å²) in [6, 6.07) is 8.56. The topological polar surface area (TPSA) is 41.0 Å². The average Bonchev–Trinajstić information content (AvgIpc) is 2.86. The average molecular weight is 277 g/mol. The van der Waals surface area contributed by atoms with Crippen molar-refractivity contribution in [3.05, 3.63) is 29.5 Å². The van der Waals surface area contributed by atoms with E-state index in [2.05, 4.69) is 33.2 Å². The number of anilines is 1. The smallest absolute Gasteiger partial charge is 0.224 e. The van der Waals surface area contributed by atoms with Crippen LogP contribution in [0.4, 0.5) is 5.82 Å². The number of para-hydroxylation sites is 1. The van der Waals surface area contributed by atoms with Crippen molar-refractivity contribution < 1.29 is 0 Å². The Morgan fingerprint density at radius 1 is 1.37 bits per heavy atom. The third kappa shape index (κ3) is 2.51. The molecule has 0 aliphatic carbocycles. The van der Waals surface area contributed by atoms with Gasteiger partial charge in [-0.2, -0.15) is 4.98 Å². The van der Waals surface area contributed by atoms with Gasteiger partial charge in [0.2, 0.25) is 5.28 Å². The van der Waals surface area contributed by atoms with Gasteiger partial charge in [0.1, 0.15) is 5.82 Å². The summed E-state index contributed by atoms with van der Waals surface area (Å²) in [5, 5.41) is 4.88. The molecule has 0 radical (unpaired) electrons. The van der Waals surface area contributed by atoms with Crippen LogP contribution in [0.5, 0.6) is 0 Å². The molecule has 3 rings (SSSR count). The van der Waals surface area contributed by atoms with Crippen molar-refractivity contribution >= 4 is 28.3 Å². The van der Waals surface area contributed by atoms with E-state index in [9.17, 15) is 0 Å². The molecule has 1 N–H and O–H groups in total. The molecule has 1 unspecified atom stereocenters. The molecule has 100 valence electrons. The van der Waals surface area contributed by atoms with Crippen molar-refractivity contribution in [3.63, 3.8) is 0 Å². The summed E-state index contributed by atoms with van der Waals surface area (Å²) in [6.45, 7) is 5.13. The molecule has 19 heavy (non-hydrogen) atoms. The van der Waals surface area contributed by atoms with E-state index in [1.54, 1.807) is 0 Å². The van der Waals surface area contributed by atoms with Crippen LogP contribution in [-0.2, 0) is 0 Å². The Bertz CT molecular complexity index is 587. The van der Waals surface area contributed by atoms with Crippen molar-refractivity contribution in [2.75, 3.05) is 24.5 Å². The van der Waals surface area contributed by atoms with E-state index >= 15 is 0 Å². The molecule has 1 aromatic heterocycles. The number of halogens is 1. The Morgan fingerprint density at radius 3 is 3.05 bits per heavy atom. The van der Waals surface area contributed by atoms with Crippen molar-refractivity contribution in [2.45, 2.75) is 19.4 Å². The molecule has 1 aliphatic heterocycles. The zero-order valence-corrected chi connectivity index (χ0v) is 11.7. The van der Waals surface area contributed by atoms with Gasteiger partial charge in [0.05, 0.1) is 5.52 Å². The van der Waals surface area contributed by atoms with Crippen LogP contribution in [0.3, 0.4) is 0 Å². The van der Waals surface area contributed by atoms with Crippen LogP contribution >= 0.6 is 11.6 Å². The zero-order valence-electron chi connectivity index (χ0n) is 10.9. The third-order valence-electron chi connectivity index (χ3n) is 3.54. The van der Waals surface area contributed by atoms with Gasteiger partial charge in [-0.1, -0.05) is 19.1 Å². The van der Waals surface area contributed by atoms with E-state index in [4.69, 9.17) is 11.6 Å². The highest BCUT2D eigenvalue weighted by atomic mass is 35.5. The van der Waals surface area contributed by atoms with Gasteiger partial charge < -0.3 is 10.2 Å². The van der Waals surface area contributed by atoms with Gasteiger partial charge in [-0.25, -0.2) is 4.98 Å². The largest absolute Gasteiger partial charge is 0.354 e. The molecule has 0 saturated carbocycles. The number of benzene rings is 1. The lowest BCUT2D eigenvalue weighted by Crippen LogP contribution is -2.32. The van der Waals surface area contributed by atoms with Crippen LogP contribution in [-0.4, -0.2) is 35.6 Å². The lowest BCUT2D eigenvalue weighted by Gasteiger charge is -2.19. The van der Waals surface area contributed by atoms with Crippen molar-refractivity contribution in [1.82, 2.24) is 15.3 Å². The van der Waals surface area contributed by atoms with Crippen LogP contribution in [0.25, 0.3) is 10.9 Å². The molecule has 1 atom stereocenters. The monoisotopic (exact) mass is 276 g/mol. The summed E-state index contributed by atoms with van der Waals surface area (Å²) in [5.41, 5.74) is 0.907. The molecule has 2 aromatic rings. The molecule has 1 fully saturated rings. The molecular weight excluding hydrogens is 260 g/mol. The molecule has 0 bridgehead atoms. The highest BCUT2D eigenvalue weighted by molar-refractivity contribution is 6.28. The van der Waals surface area contributed by atoms with Crippen molar-refractivity contribution in [1.29, 1.82) is 0 Å². The molecule has 1 saturated heterocycles. The highest BCUT2D eigenvalue weighted by Crippen LogP contribution is 2.27. The number of likely N-dealkylation sites (N-methyl/N-ethyl adjacent to an activating group) is 1. The SMILES string of the molecule is CCNC1CCN(c2nc(Cl)nc3ccccc23)C1. The second-order valence-corrected chi connectivity index (χ2v) is 5.16. The number of hydrogen-bond acceptors (Lipinski definition) is 4. The molecule has 1 aromatic carbocycles. The maximum atomic E-state index is 6.04. The first kappa shape index (κ1) is 12.6. The van der Waals surface area contributed by atoms with E-state index in [0.717, 1.165) is 42.8 Å². The quantitative estimate of drug-likeness (QED) is 0.875. The van der Waals surface area contributed by atoms with Gasteiger partial charge in [-0.05, 0) is 36.7 Å². The first-order valence-corrected chi connectivity index (χ1v) is 7.06. The fourth-order valence-electron chi connectivity index (χ4n) is 2.68. The fourth-order valence-corrected chi connectivity index (χ4v) is 2.85. The molecule has 5 heteroatoms. The Labute approximate surface area is 117 Å². The first-order chi connectivity index (χ1) is 9.28. The summed E-state index contributed by atoms with van der Waals surface area (Å²) in [6.07, 6.45) is 1.14. The molecule has 4 nitrogen and oxygen atoms in total. The number of hydrogen-bond donors (Lipinski definition) is 1. The molecular formula is C14H17ClN4. The number of rotatable bonds is 3. The molecule has 0 spiro atoms. The summed E-state index contributed by atoms with van der Waals surface area (Å²) in [5.74, 6) is 0.955. The Kier molecular flexibility index (Phi) is 3.53. The number of aromatic nitrogens is 2. The van der Waals surface area contributed by atoms with E-state index < -0.39 is 0 Å². The van der Waals surface area contributed by atoms with Crippen LogP contribution in [0.1, 0.15) is 13.3 Å². The van der Waals surface area contributed by atoms with Gasteiger partial charge in [-0.3, -0.25) is 0 Å². The Balaban J connectivity index is 1.96. The summed E-state index contributed by atoms with van der Waals surface area (Å²) >= 11 is 6.04. The maximum Gasteiger partial charge on any atom is 0.224 e. The van der Waals surface area contributed by atoms with Gasteiger partial charge >= 0.3 is 0 Å². The Morgan fingerprint density at radius 2 is 2.21 bits per heavy atom. The second-order valence-electron chi connectivity index (χ2n) is 4.82. The summed E-state index contributed by atoms with van der Waals surface area (Å²) in [7, 11) is 0. The van der Waals surface area contributed by atoms with E-state index in [1.807, 2.05) is 18.2 Å². The molecule has 2 heterocycles. The zero-order chi connectivity index (χ0) is 13.2. The highest BCUT2D eigenvalue weighted by Gasteiger charge is 2.24. The first-order valence-electron chi connectivity index (χ1n) is 6.68. The van der Waals surface area contributed by atoms with E-state index in [0.29, 0.717) is 11.3 Å². The van der Waals surface area contributed by atoms with Gasteiger partial charge in [0, 0.05) is 24.5 Å². The predicted octanol–water partition coefficient (Wildman–Crippen LogP) is 2.47. The number of fused-ring (bicyclic) bond motifs is 1. The normalized spacial score (nSPS) is 19.3. The minimum atomic E-state index is 0.320. The van der Waals surface area contributed by atoms with Crippen molar-refractivity contribution in [3.8, 4) is 0 Å². The van der Waals surface area contributed by atoms with Crippen LogP contribution in [0.15, 0.2) is 24.3 Å². The minimum Gasteiger partial charge on any atom is -0.354 e. The van der Waals surface area contributed by atoms with Gasteiger partial charge in [0.25, 0.3) is 0 Å². The van der Waals surface area contributed by atoms with Gasteiger partial charge in [-0.15, -0.1) is 0 Å².